The fraction of sp³-hybridized carbons (Fsp3) is 0.211. The summed E-state index contributed by atoms with van der Waals surface area (Å²) in [5, 5.41) is 2.57. The molecule has 2 amide bonds. The molecule has 27 heavy (non-hydrogen) atoms. The Labute approximate surface area is 162 Å². The number of anilines is 1. The van der Waals surface area contributed by atoms with E-state index in [-0.39, 0.29) is 10.7 Å². The maximum atomic E-state index is 13.1. The van der Waals surface area contributed by atoms with Crippen molar-refractivity contribution in [3.63, 3.8) is 0 Å². The van der Waals surface area contributed by atoms with Crippen LogP contribution in [0.2, 0.25) is 0 Å². The Morgan fingerprint density at radius 1 is 1.19 bits per heavy atom. The zero-order chi connectivity index (χ0) is 19.6. The second-order valence-electron chi connectivity index (χ2n) is 5.71. The van der Waals surface area contributed by atoms with E-state index in [0.29, 0.717) is 17.2 Å². The van der Waals surface area contributed by atoms with Gasteiger partial charge in [-0.2, -0.15) is 0 Å². The van der Waals surface area contributed by atoms with Crippen LogP contribution >= 0.6 is 12.2 Å². The number of benzene rings is 1. The Kier molecular flexibility index (Phi) is 5.27. The van der Waals surface area contributed by atoms with Crippen LogP contribution in [0.3, 0.4) is 0 Å². The van der Waals surface area contributed by atoms with Gasteiger partial charge in [0.25, 0.3) is 11.8 Å². The summed E-state index contributed by atoms with van der Waals surface area (Å²) in [4.78, 5) is 26.8. The summed E-state index contributed by atoms with van der Waals surface area (Å²) in [6.07, 6.45) is 3.44. The van der Waals surface area contributed by atoms with E-state index in [9.17, 15) is 9.59 Å². The highest BCUT2D eigenvalue weighted by Crippen LogP contribution is 2.34. The van der Waals surface area contributed by atoms with Gasteiger partial charge in [-0.25, -0.2) is 4.90 Å². The molecule has 1 fully saturated rings. The molecular weight excluding hydrogens is 366 g/mol. The normalized spacial score (nSPS) is 15.9. The predicted molar refractivity (Wildman–Crippen MR) is 106 cm³/mol. The van der Waals surface area contributed by atoms with Crippen LogP contribution in [0, 0.1) is 0 Å². The molecule has 1 N–H and O–H groups in total. The maximum Gasteiger partial charge on any atom is 0.270 e. The number of methoxy groups -OCH3 is 2. The number of aromatic nitrogens is 1. The van der Waals surface area contributed by atoms with Crippen LogP contribution in [0.1, 0.15) is 12.6 Å². The molecule has 2 heterocycles. The fourth-order valence-corrected chi connectivity index (χ4v) is 3.11. The number of nitrogens with one attached hydrogen (secondary N) is 1. The zero-order valence-corrected chi connectivity index (χ0v) is 16.0. The molecule has 1 aromatic heterocycles. The average molecular weight is 385 g/mol. The number of carbonyl (C=O) groups excluding carboxylic acids is 2. The topological polar surface area (TPSA) is 72.8 Å². The van der Waals surface area contributed by atoms with Crippen molar-refractivity contribution in [2.24, 2.45) is 0 Å². The SMILES string of the molecule is CCn1cccc1/C=C1\C(=O)NC(=S)N(c2ccc(OC)cc2OC)C1=O. The first-order chi connectivity index (χ1) is 13.0. The summed E-state index contributed by atoms with van der Waals surface area (Å²) in [6.45, 7) is 2.70. The van der Waals surface area contributed by atoms with E-state index in [1.807, 2.05) is 29.8 Å². The monoisotopic (exact) mass is 385 g/mol. The van der Waals surface area contributed by atoms with Crippen LogP contribution < -0.4 is 19.7 Å². The van der Waals surface area contributed by atoms with Gasteiger partial charge in [0.1, 0.15) is 17.1 Å². The van der Waals surface area contributed by atoms with Crippen LogP contribution in [-0.4, -0.2) is 35.7 Å². The van der Waals surface area contributed by atoms with Gasteiger partial charge in [0, 0.05) is 24.5 Å². The average Bonchev–Trinajstić information content (AvgIpc) is 3.12. The standard InChI is InChI=1S/C19H19N3O4S/c1-4-21-9-5-6-12(21)10-14-17(23)20-19(27)22(18(14)24)15-8-7-13(25-2)11-16(15)26-3/h5-11H,4H2,1-3H3,(H,20,23,27)/b14-10+. The Hall–Kier alpha value is -3.13. The zero-order valence-electron chi connectivity index (χ0n) is 15.2. The van der Waals surface area contributed by atoms with Gasteiger partial charge in [0.05, 0.1) is 19.9 Å². The lowest BCUT2D eigenvalue weighted by Crippen LogP contribution is -2.54. The van der Waals surface area contributed by atoms with E-state index in [0.717, 1.165) is 12.2 Å². The molecule has 1 saturated heterocycles. The van der Waals surface area contributed by atoms with Crippen molar-refractivity contribution in [2.45, 2.75) is 13.5 Å². The van der Waals surface area contributed by atoms with Crippen LogP contribution in [-0.2, 0) is 16.1 Å². The number of ether oxygens (including phenoxy) is 2. The lowest BCUT2D eigenvalue weighted by atomic mass is 10.1. The van der Waals surface area contributed by atoms with E-state index in [2.05, 4.69) is 5.32 Å². The third-order valence-corrected chi connectivity index (χ3v) is 4.51. The van der Waals surface area contributed by atoms with E-state index in [4.69, 9.17) is 21.7 Å². The maximum absolute atomic E-state index is 13.1. The molecule has 7 nitrogen and oxygen atoms in total. The smallest absolute Gasteiger partial charge is 0.270 e. The minimum atomic E-state index is -0.530. The summed E-state index contributed by atoms with van der Waals surface area (Å²) >= 11 is 5.24. The van der Waals surface area contributed by atoms with Gasteiger partial charge in [0.2, 0.25) is 0 Å². The second-order valence-corrected chi connectivity index (χ2v) is 6.10. The molecule has 0 aliphatic carbocycles. The Morgan fingerprint density at radius 2 is 1.96 bits per heavy atom. The number of carbonyl (C=O) groups is 2. The summed E-state index contributed by atoms with van der Waals surface area (Å²) in [5.74, 6) is -0.0716. The van der Waals surface area contributed by atoms with Gasteiger partial charge >= 0.3 is 0 Å². The number of aryl methyl sites for hydroxylation is 1. The van der Waals surface area contributed by atoms with E-state index in [1.165, 1.54) is 19.1 Å². The quantitative estimate of drug-likeness (QED) is 0.486. The molecule has 1 aliphatic rings. The molecular formula is C19H19N3O4S. The van der Waals surface area contributed by atoms with Gasteiger partial charge in [-0.15, -0.1) is 0 Å². The van der Waals surface area contributed by atoms with Crippen molar-refractivity contribution in [3.05, 3.63) is 47.8 Å². The number of nitrogens with zero attached hydrogens (tertiary/aromatic N) is 2. The molecule has 0 atom stereocenters. The summed E-state index contributed by atoms with van der Waals surface area (Å²) in [5.41, 5.74) is 1.17. The number of thiocarbonyl (C=S) groups is 1. The van der Waals surface area contributed by atoms with Gasteiger partial charge < -0.3 is 14.0 Å². The van der Waals surface area contributed by atoms with Crippen molar-refractivity contribution in [1.29, 1.82) is 0 Å². The molecule has 3 rings (SSSR count). The summed E-state index contributed by atoms with van der Waals surface area (Å²) in [7, 11) is 3.02. The first-order valence-corrected chi connectivity index (χ1v) is 8.69. The molecule has 140 valence electrons. The first-order valence-electron chi connectivity index (χ1n) is 8.28. The molecule has 0 bridgehead atoms. The molecule has 8 heteroatoms. The van der Waals surface area contributed by atoms with E-state index >= 15 is 0 Å². The Morgan fingerprint density at radius 3 is 2.63 bits per heavy atom. The minimum Gasteiger partial charge on any atom is -0.497 e. The Bertz CT molecular complexity index is 948. The van der Waals surface area contributed by atoms with Crippen molar-refractivity contribution < 1.29 is 19.1 Å². The molecule has 2 aromatic rings. The summed E-state index contributed by atoms with van der Waals surface area (Å²) in [6, 6.07) is 8.69. The number of rotatable bonds is 5. The second kappa shape index (κ2) is 7.63. The van der Waals surface area contributed by atoms with Crippen molar-refractivity contribution in [3.8, 4) is 11.5 Å². The van der Waals surface area contributed by atoms with Crippen molar-refractivity contribution in [2.75, 3.05) is 19.1 Å². The molecule has 0 saturated carbocycles. The van der Waals surface area contributed by atoms with Gasteiger partial charge in [-0.1, -0.05) is 0 Å². The number of amides is 2. The number of hydrogen-bond acceptors (Lipinski definition) is 5. The third-order valence-electron chi connectivity index (χ3n) is 4.23. The Balaban J connectivity index is 2.06. The predicted octanol–water partition coefficient (Wildman–Crippen LogP) is 2.36. The van der Waals surface area contributed by atoms with Gasteiger partial charge in [-0.05, 0) is 49.5 Å². The van der Waals surface area contributed by atoms with Crippen LogP contribution in [0.15, 0.2) is 42.1 Å². The molecule has 0 spiro atoms. The largest absolute Gasteiger partial charge is 0.497 e. The van der Waals surface area contributed by atoms with E-state index < -0.39 is 11.8 Å². The minimum absolute atomic E-state index is 0.00325. The van der Waals surface area contributed by atoms with Crippen LogP contribution in [0.5, 0.6) is 11.5 Å². The lowest BCUT2D eigenvalue weighted by Gasteiger charge is -2.30. The number of hydrogen-bond donors (Lipinski definition) is 1. The fourth-order valence-electron chi connectivity index (χ4n) is 2.84. The highest BCUT2D eigenvalue weighted by atomic mass is 32.1. The molecule has 1 aliphatic heterocycles. The highest BCUT2D eigenvalue weighted by molar-refractivity contribution is 7.80. The van der Waals surface area contributed by atoms with Gasteiger partial charge in [-0.3, -0.25) is 14.9 Å². The van der Waals surface area contributed by atoms with Crippen LogP contribution in [0.25, 0.3) is 6.08 Å². The van der Waals surface area contributed by atoms with Crippen LogP contribution in [0.4, 0.5) is 5.69 Å². The van der Waals surface area contributed by atoms with Crippen molar-refractivity contribution in [1.82, 2.24) is 9.88 Å². The first kappa shape index (κ1) is 18.7. The summed E-state index contributed by atoms with van der Waals surface area (Å²) < 4.78 is 12.5. The highest BCUT2D eigenvalue weighted by Gasteiger charge is 2.36. The third kappa shape index (κ3) is 3.43. The lowest BCUT2D eigenvalue weighted by molar-refractivity contribution is -0.122. The van der Waals surface area contributed by atoms with Gasteiger partial charge in [0.15, 0.2) is 5.11 Å². The van der Waals surface area contributed by atoms with E-state index in [1.54, 1.807) is 24.3 Å². The molecule has 1 aromatic carbocycles. The van der Waals surface area contributed by atoms with Crippen molar-refractivity contribution >= 4 is 40.9 Å². The molecule has 0 unspecified atom stereocenters. The molecule has 0 radical (unpaired) electrons.